The summed E-state index contributed by atoms with van der Waals surface area (Å²) in [5.74, 6) is 0.00813. The van der Waals surface area contributed by atoms with E-state index in [0.717, 1.165) is 17.3 Å². The van der Waals surface area contributed by atoms with Crippen LogP contribution in [0.25, 0.3) is 0 Å². The molecular formula is C21H22BrN3O2S. The van der Waals surface area contributed by atoms with E-state index in [4.69, 9.17) is 17.0 Å². The predicted molar refractivity (Wildman–Crippen MR) is 119 cm³/mol. The third-order valence-electron chi connectivity index (χ3n) is 4.49. The summed E-state index contributed by atoms with van der Waals surface area (Å²) < 4.78 is 6.40. The van der Waals surface area contributed by atoms with Crippen molar-refractivity contribution in [3.05, 3.63) is 64.1 Å². The number of carbonyl (C=O) groups is 1. The van der Waals surface area contributed by atoms with Crippen molar-refractivity contribution in [1.29, 1.82) is 0 Å². The Kier molecular flexibility index (Phi) is 7.56. The van der Waals surface area contributed by atoms with Gasteiger partial charge in [0.25, 0.3) is 0 Å². The van der Waals surface area contributed by atoms with Crippen LogP contribution in [-0.2, 0) is 0 Å². The highest BCUT2D eigenvalue weighted by atomic mass is 79.9. The van der Waals surface area contributed by atoms with Crippen LogP contribution >= 0.6 is 28.1 Å². The molecule has 0 spiro atoms. The average molecular weight is 460 g/mol. The number of rotatable bonds is 5. The summed E-state index contributed by atoms with van der Waals surface area (Å²) in [6, 6.07) is 14.7. The number of halogens is 1. The van der Waals surface area contributed by atoms with Gasteiger partial charge in [0.05, 0.1) is 11.8 Å². The average Bonchev–Trinajstić information content (AvgIpc) is 2.71. The molecule has 0 amide bonds. The van der Waals surface area contributed by atoms with E-state index < -0.39 is 5.97 Å². The molecule has 1 saturated carbocycles. The molecule has 3 rings (SSSR count). The Morgan fingerprint density at radius 3 is 2.64 bits per heavy atom. The molecule has 28 heavy (non-hydrogen) atoms. The highest BCUT2D eigenvalue weighted by Crippen LogP contribution is 2.23. The summed E-state index contributed by atoms with van der Waals surface area (Å²) >= 11 is 8.75. The number of carbonyl (C=O) groups excluding carboxylic acids is 1. The fraction of sp³-hybridized carbons (Fsp3) is 0.286. The molecule has 1 fully saturated rings. The number of nitrogens with zero attached hydrogens (tertiary/aromatic N) is 1. The molecule has 2 N–H and O–H groups in total. The Morgan fingerprint density at radius 1 is 1.14 bits per heavy atom. The molecule has 0 atom stereocenters. The first kappa shape index (κ1) is 20.5. The van der Waals surface area contributed by atoms with Gasteiger partial charge < -0.3 is 10.1 Å². The predicted octanol–water partition coefficient (Wildman–Crippen LogP) is 4.80. The quantitative estimate of drug-likeness (QED) is 0.221. The smallest absolute Gasteiger partial charge is 0.343 e. The van der Waals surface area contributed by atoms with E-state index in [-0.39, 0.29) is 0 Å². The van der Waals surface area contributed by atoms with E-state index in [9.17, 15) is 4.79 Å². The van der Waals surface area contributed by atoms with Crippen molar-refractivity contribution in [3.8, 4) is 5.75 Å². The molecule has 2 aromatic rings. The maximum absolute atomic E-state index is 12.3. The lowest BCUT2D eigenvalue weighted by molar-refractivity contribution is 0.0734. The lowest BCUT2D eigenvalue weighted by Crippen LogP contribution is -2.40. The molecule has 0 bridgehead atoms. The summed E-state index contributed by atoms with van der Waals surface area (Å²) in [4.78, 5) is 12.3. The second-order valence-corrected chi connectivity index (χ2v) is 7.94. The second kappa shape index (κ2) is 10.3. The lowest BCUT2D eigenvalue weighted by atomic mass is 9.96. The van der Waals surface area contributed by atoms with Crippen molar-refractivity contribution >= 4 is 45.4 Å². The van der Waals surface area contributed by atoms with Crippen molar-refractivity contribution in [2.24, 2.45) is 5.10 Å². The van der Waals surface area contributed by atoms with Crippen molar-refractivity contribution in [2.75, 3.05) is 0 Å². The zero-order valence-electron chi connectivity index (χ0n) is 15.4. The molecule has 1 aliphatic rings. The van der Waals surface area contributed by atoms with Crippen molar-refractivity contribution in [2.45, 2.75) is 38.1 Å². The number of esters is 1. The van der Waals surface area contributed by atoms with Crippen LogP contribution in [0, 0.1) is 0 Å². The maximum atomic E-state index is 12.3. The molecule has 1 aliphatic carbocycles. The van der Waals surface area contributed by atoms with Gasteiger partial charge in [-0.15, -0.1) is 0 Å². The molecule has 0 aromatic heterocycles. The van der Waals surface area contributed by atoms with Gasteiger partial charge in [-0.05, 0) is 55.4 Å². The van der Waals surface area contributed by atoms with E-state index in [1.165, 1.54) is 19.3 Å². The number of hydrogen-bond acceptors (Lipinski definition) is 4. The first-order valence-corrected chi connectivity index (χ1v) is 10.5. The molecule has 0 unspecified atom stereocenters. The highest BCUT2D eigenvalue weighted by Gasteiger charge is 2.14. The fourth-order valence-corrected chi connectivity index (χ4v) is 3.67. The van der Waals surface area contributed by atoms with E-state index >= 15 is 0 Å². The SMILES string of the molecule is O=C(Oc1ccc(Br)cc1/C=N\NC(=S)NC1CCCCC1)c1ccccc1. The number of thiocarbonyl (C=S) groups is 1. The summed E-state index contributed by atoms with van der Waals surface area (Å²) in [5.41, 5.74) is 3.99. The van der Waals surface area contributed by atoms with Crippen LogP contribution in [0.4, 0.5) is 0 Å². The number of hydrogen-bond donors (Lipinski definition) is 2. The lowest BCUT2D eigenvalue weighted by Gasteiger charge is -2.23. The molecule has 0 saturated heterocycles. The van der Waals surface area contributed by atoms with Gasteiger partial charge in [0.15, 0.2) is 5.11 Å². The van der Waals surface area contributed by atoms with Crippen molar-refractivity contribution in [1.82, 2.24) is 10.7 Å². The number of ether oxygens (including phenoxy) is 1. The molecule has 146 valence electrons. The minimum atomic E-state index is -0.417. The Labute approximate surface area is 178 Å². The van der Waals surface area contributed by atoms with Crippen LogP contribution in [0.2, 0.25) is 0 Å². The zero-order valence-corrected chi connectivity index (χ0v) is 17.8. The highest BCUT2D eigenvalue weighted by molar-refractivity contribution is 9.10. The molecule has 7 heteroatoms. The van der Waals surface area contributed by atoms with Gasteiger partial charge in [-0.2, -0.15) is 5.10 Å². The standard InChI is InChI=1S/C21H22BrN3O2S/c22-17-11-12-19(27-20(26)15-7-3-1-4-8-15)16(13-17)14-23-25-21(28)24-18-9-5-2-6-10-18/h1,3-4,7-8,11-14,18H,2,5-6,9-10H2,(H2,24,25,28)/b23-14-. The van der Waals surface area contributed by atoms with Gasteiger partial charge in [0.2, 0.25) is 0 Å². The Morgan fingerprint density at radius 2 is 1.89 bits per heavy atom. The third kappa shape index (κ3) is 6.14. The van der Waals surface area contributed by atoms with E-state index in [1.807, 2.05) is 18.2 Å². The third-order valence-corrected chi connectivity index (χ3v) is 5.20. The Balaban J connectivity index is 1.62. The minimum Gasteiger partial charge on any atom is -0.422 e. The monoisotopic (exact) mass is 459 g/mol. The van der Waals surface area contributed by atoms with Crippen LogP contribution in [-0.4, -0.2) is 23.3 Å². The van der Waals surface area contributed by atoms with Crippen molar-refractivity contribution in [3.63, 3.8) is 0 Å². The fourth-order valence-electron chi connectivity index (χ4n) is 3.07. The molecule has 5 nitrogen and oxygen atoms in total. The molecule has 2 aromatic carbocycles. The summed E-state index contributed by atoms with van der Waals surface area (Å²) in [7, 11) is 0. The van der Waals surface area contributed by atoms with Crippen LogP contribution < -0.4 is 15.5 Å². The first-order valence-electron chi connectivity index (χ1n) is 9.28. The molecule has 0 radical (unpaired) electrons. The number of benzene rings is 2. The van der Waals surface area contributed by atoms with E-state index in [1.54, 1.807) is 36.5 Å². The van der Waals surface area contributed by atoms with E-state index in [0.29, 0.717) is 28.0 Å². The van der Waals surface area contributed by atoms with Crippen LogP contribution in [0.5, 0.6) is 5.75 Å². The largest absolute Gasteiger partial charge is 0.422 e. The normalized spacial score (nSPS) is 14.6. The summed E-state index contributed by atoms with van der Waals surface area (Å²) in [6.07, 6.45) is 7.63. The Bertz CT molecular complexity index is 852. The maximum Gasteiger partial charge on any atom is 0.343 e. The molecule has 0 heterocycles. The summed E-state index contributed by atoms with van der Waals surface area (Å²) in [6.45, 7) is 0. The Hall–Kier alpha value is -2.25. The molecular weight excluding hydrogens is 438 g/mol. The molecule has 0 aliphatic heterocycles. The number of hydrazone groups is 1. The topological polar surface area (TPSA) is 62.7 Å². The zero-order chi connectivity index (χ0) is 19.8. The summed E-state index contributed by atoms with van der Waals surface area (Å²) in [5, 5.41) is 8.00. The number of nitrogens with one attached hydrogen (secondary N) is 2. The minimum absolute atomic E-state index is 0.414. The first-order chi connectivity index (χ1) is 13.6. The van der Waals surface area contributed by atoms with Crippen molar-refractivity contribution < 1.29 is 9.53 Å². The van der Waals surface area contributed by atoms with Gasteiger partial charge in [-0.25, -0.2) is 4.79 Å². The second-order valence-electron chi connectivity index (χ2n) is 6.62. The van der Waals surface area contributed by atoms with Gasteiger partial charge >= 0.3 is 5.97 Å². The van der Waals surface area contributed by atoms with Gasteiger partial charge in [0.1, 0.15) is 5.75 Å². The van der Waals surface area contributed by atoms with Crippen LogP contribution in [0.15, 0.2) is 58.1 Å². The van der Waals surface area contributed by atoms with Gasteiger partial charge in [0, 0.05) is 16.1 Å². The van der Waals surface area contributed by atoms with Gasteiger partial charge in [-0.3, -0.25) is 5.43 Å². The van der Waals surface area contributed by atoms with Gasteiger partial charge in [-0.1, -0.05) is 53.4 Å². The van der Waals surface area contributed by atoms with Crippen LogP contribution in [0.1, 0.15) is 48.0 Å². The van der Waals surface area contributed by atoms with E-state index in [2.05, 4.69) is 31.8 Å². The van der Waals surface area contributed by atoms with Crippen LogP contribution in [0.3, 0.4) is 0 Å².